The molecule has 4 aromatic rings. The van der Waals surface area contributed by atoms with Crippen LogP contribution < -0.4 is 10.6 Å². The Kier molecular flexibility index (Phi) is 11.6. The number of aryl methyl sites for hydroxylation is 2. The third-order valence-corrected chi connectivity index (χ3v) is 8.08. The minimum absolute atomic E-state index is 0.0751. The number of alkyl halides is 3. The van der Waals surface area contributed by atoms with Gasteiger partial charge in [-0.15, -0.1) is 11.3 Å². The number of carbonyl (C=O) groups is 2. The van der Waals surface area contributed by atoms with Crippen LogP contribution in [-0.2, 0) is 12.7 Å². The molecule has 0 spiro atoms. The van der Waals surface area contributed by atoms with Crippen molar-refractivity contribution in [2.45, 2.75) is 51.9 Å². The zero-order valence-corrected chi connectivity index (χ0v) is 25.5. The van der Waals surface area contributed by atoms with Gasteiger partial charge in [-0.25, -0.2) is 4.98 Å². The fourth-order valence-corrected chi connectivity index (χ4v) is 5.71. The molecule has 232 valence electrons. The molecule has 2 aromatic carbocycles. The van der Waals surface area contributed by atoms with Crippen molar-refractivity contribution in [2.24, 2.45) is 0 Å². The number of pyridine rings is 1. The smallest absolute Gasteiger partial charge is 0.352 e. The molecule has 0 saturated carbocycles. The summed E-state index contributed by atoms with van der Waals surface area (Å²) in [6.07, 6.45) is -0.590. The number of benzene rings is 2. The summed E-state index contributed by atoms with van der Waals surface area (Å²) in [4.78, 5) is 36.3. The Hall–Kier alpha value is -4.09. The normalized spacial score (nSPS) is 14.6. The predicted octanol–water partition coefficient (Wildman–Crippen LogP) is 6.75. The van der Waals surface area contributed by atoms with Crippen LogP contribution in [0.1, 0.15) is 73.5 Å². The average molecular weight is 624 g/mol. The van der Waals surface area contributed by atoms with Gasteiger partial charge in [-0.3, -0.25) is 14.6 Å². The van der Waals surface area contributed by atoms with Gasteiger partial charge in [0.15, 0.2) is 0 Å². The van der Waals surface area contributed by atoms with E-state index in [1.54, 1.807) is 28.4 Å². The van der Waals surface area contributed by atoms with Crippen molar-refractivity contribution >= 4 is 23.2 Å². The van der Waals surface area contributed by atoms with Gasteiger partial charge in [-0.2, -0.15) is 13.2 Å². The van der Waals surface area contributed by atoms with Crippen LogP contribution in [0.2, 0.25) is 0 Å². The van der Waals surface area contributed by atoms with Gasteiger partial charge in [0.1, 0.15) is 10.7 Å². The highest BCUT2D eigenvalue weighted by Crippen LogP contribution is 2.34. The molecule has 1 unspecified atom stereocenters. The van der Waals surface area contributed by atoms with Crippen molar-refractivity contribution in [2.75, 3.05) is 19.6 Å². The molecular weight excluding hydrogens is 587 g/mol. The lowest BCUT2D eigenvalue weighted by atomic mass is 10.1. The third-order valence-electron chi connectivity index (χ3n) is 7.02. The summed E-state index contributed by atoms with van der Waals surface area (Å²) in [5.74, 6) is -0.536. The lowest BCUT2D eigenvalue weighted by Gasteiger charge is -2.22. The Bertz CT molecular complexity index is 1530. The number of likely N-dealkylation sites (tertiary alicyclic amines) is 1. The molecule has 0 radical (unpaired) electrons. The second kappa shape index (κ2) is 15.6. The summed E-state index contributed by atoms with van der Waals surface area (Å²) in [5, 5.41) is 8.78. The molecule has 5 rings (SSSR count). The molecule has 2 amide bonds. The summed E-state index contributed by atoms with van der Waals surface area (Å²) in [7, 11) is 0. The van der Waals surface area contributed by atoms with Crippen LogP contribution in [0.5, 0.6) is 0 Å². The summed E-state index contributed by atoms with van der Waals surface area (Å²) >= 11 is 1.55. The highest BCUT2D eigenvalue weighted by atomic mass is 32.1. The highest BCUT2D eigenvalue weighted by molar-refractivity contribution is 7.09. The second-order valence-electron chi connectivity index (χ2n) is 10.6. The van der Waals surface area contributed by atoms with Gasteiger partial charge in [-0.1, -0.05) is 54.1 Å². The second-order valence-corrected chi connectivity index (χ2v) is 11.4. The van der Waals surface area contributed by atoms with Crippen molar-refractivity contribution in [3.63, 3.8) is 0 Å². The summed E-state index contributed by atoms with van der Waals surface area (Å²) in [5.41, 5.74) is 2.68. The Labute approximate surface area is 259 Å². The van der Waals surface area contributed by atoms with Gasteiger partial charge < -0.3 is 15.5 Å². The maximum Gasteiger partial charge on any atom is 0.416 e. The van der Waals surface area contributed by atoms with Crippen LogP contribution in [0.25, 0.3) is 0 Å². The SMILES string of the molecule is Cc1ccccc1.Cc1csc(C2CCCN2C(=O)c2cc(C(=O)NCCCNCc3cccc(C(F)(F)F)c3)ccn2)n1. The zero-order chi connectivity index (χ0) is 31.5. The fourth-order valence-electron chi connectivity index (χ4n) is 4.77. The fraction of sp³-hybridized carbons (Fsp3) is 0.333. The molecule has 1 atom stereocenters. The minimum atomic E-state index is -4.37. The first-order valence-electron chi connectivity index (χ1n) is 14.5. The van der Waals surface area contributed by atoms with E-state index in [1.165, 1.54) is 23.9 Å². The largest absolute Gasteiger partial charge is 0.416 e. The summed E-state index contributed by atoms with van der Waals surface area (Å²) < 4.78 is 38.5. The Morgan fingerprint density at radius 1 is 1.02 bits per heavy atom. The van der Waals surface area contributed by atoms with Crippen molar-refractivity contribution in [3.05, 3.63) is 117 Å². The Morgan fingerprint density at radius 3 is 2.50 bits per heavy atom. The molecule has 1 aliphatic rings. The lowest BCUT2D eigenvalue weighted by molar-refractivity contribution is -0.137. The van der Waals surface area contributed by atoms with E-state index in [0.717, 1.165) is 35.7 Å². The molecule has 7 nitrogen and oxygen atoms in total. The monoisotopic (exact) mass is 623 g/mol. The number of rotatable bonds is 9. The first-order chi connectivity index (χ1) is 21.1. The van der Waals surface area contributed by atoms with E-state index in [2.05, 4.69) is 39.7 Å². The topological polar surface area (TPSA) is 87.2 Å². The van der Waals surface area contributed by atoms with E-state index in [9.17, 15) is 22.8 Å². The van der Waals surface area contributed by atoms with Crippen LogP contribution in [0.15, 0.2) is 78.3 Å². The highest BCUT2D eigenvalue weighted by Gasteiger charge is 2.33. The van der Waals surface area contributed by atoms with Gasteiger partial charge in [0.05, 0.1) is 11.6 Å². The van der Waals surface area contributed by atoms with Crippen molar-refractivity contribution in [1.29, 1.82) is 0 Å². The van der Waals surface area contributed by atoms with E-state index >= 15 is 0 Å². The van der Waals surface area contributed by atoms with Crippen LogP contribution >= 0.6 is 11.3 Å². The van der Waals surface area contributed by atoms with Gasteiger partial charge >= 0.3 is 6.18 Å². The van der Waals surface area contributed by atoms with Gasteiger partial charge in [0, 0.05) is 42.5 Å². The Morgan fingerprint density at radius 2 is 1.82 bits per heavy atom. The lowest BCUT2D eigenvalue weighted by Crippen LogP contribution is -2.32. The number of nitrogens with zero attached hydrogens (tertiary/aromatic N) is 3. The molecular formula is C33H36F3N5O2S. The molecule has 1 saturated heterocycles. The van der Waals surface area contributed by atoms with Crippen molar-refractivity contribution < 1.29 is 22.8 Å². The van der Waals surface area contributed by atoms with E-state index in [4.69, 9.17) is 0 Å². The van der Waals surface area contributed by atoms with E-state index in [1.807, 2.05) is 30.5 Å². The van der Waals surface area contributed by atoms with Crippen LogP contribution in [0.4, 0.5) is 13.2 Å². The Balaban J connectivity index is 0.000000555. The molecule has 0 aliphatic carbocycles. The first kappa shape index (κ1) is 32.8. The van der Waals surface area contributed by atoms with Crippen molar-refractivity contribution in [1.82, 2.24) is 25.5 Å². The quantitative estimate of drug-likeness (QED) is 0.202. The van der Waals surface area contributed by atoms with E-state index < -0.39 is 11.7 Å². The molecule has 2 N–H and O–H groups in total. The van der Waals surface area contributed by atoms with E-state index in [-0.39, 0.29) is 23.6 Å². The number of amides is 2. The molecule has 3 heterocycles. The van der Waals surface area contributed by atoms with Crippen LogP contribution in [0, 0.1) is 13.8 Å². The van der Waals surface area contributed by atoms with Crippen molar-refractivity contribution in [3.8, 4) is 0 Å². The van der Waals surface area contributed by atoms with E-state index in [0.29, 0.717) is 43.7 Å². The number of halogens is 3. The number of hydrogen-bond acceptors (Lipinski definition) is 6. The standard InChI is InChI=1S/C26H28F3N5O2S.C7H8/c1-17-16-37-24(33-17)22-7-3-12-34(22)25(36)21-14-19(8-11-31-21)23(35)32-10-4-9-30-15-18-5-2-6-20(13-18)26(27,28)29;1-7-5-3-2-4-6-7/h2,5-6,8,11,13-14,16,22,30H,3-4,7,9-10,12,15H2,1H3,(H,32,35);2-6H,1H3. The number of hydrogen-bond donors (Lipinski definition) is 2. The van der Waals surface area contributed by atoms with Crippen LogP contribution in [-0.4, -0.2) is 46.3 Å². The van der Waals surface area contributed by atoms with Gasteiger partial charge in [0.2, 0.25) is 0 Å². The summed E-state index contributed by atoms with van der Waals surface area (Å²) in [6.45, 7) is 5.82. The molecule has 1 fully saturated rings. The molecule has 11 heteroatoms. The molecule has 2 aromatic heterocycles. The predicted molar refractivity (Wildman–Crippen MR) is 165 cm³/mol. The number of aromatic nitrogens is 2. The summed E-state index contributed by atoms with van der Waals surface area (Å²) in [6, 6.07) is 18.4. The third kappa shape index (κ3) is 9.45. The van der Waals surface area contributed by atoms with Crippen LogP contribution in [0.3, 0.4) is 0 Å². The maximum absolute atomic E-state index is 13.2. The zero-order valence-electron chi connectivity index (χ0n) is 24.7. The number of nitrogens with one attached hydrogen (secondary N) is 2. The molecule has 44 heavy (non-hydrogen) atoms. The average Bonchev–Trinajstić information content (AvgIpc) is 3.68. The molecule has 1 aliphatic heterocycles. The molecule has 0 bridgehead atoms. The van der Waals surface area contributed by atoms with Gasteiger partial charge in [0.25, 0.3) is 11.8 Å². The first-order valence-corrected chi connectivity index (χ1v) is 15.4. The maximum atomic E-state index is 13.2. The number of thiazole rings is 1. The van der Waals surface area contributed by atoms with Gasteiger partial charge in [-0.05, 0) is 63.4 Å². The number of carbonyl (C=O) groups excluding carboxylic acids is 2. The minimum Gasteiger partial charge on any atom is -0.352 e.